The van der Waals surface area contributed by atoms with Crippen molar-refractivity contribution in [2.24, 2.45) is 28.7 Å². The fraction of sp³-hybridized carbons (Fsp3) is 0.958. The lowest BCUT2D eigenvalue weighted by molar-refractivity contribution is -0.337. The van der Waals surface area contributed by atoms with Gasteiger partial charge in [-0.1, -0.05) is 0 Å². The number of rotatable bonds is 12. The van der Waals surface area contributed by atoms with Crippen molar-refractivity contribution in [2.45, 2.75) is 111 Å². The third-order valence-corrected chi connectivity index (χ3v) is 7.97. The Morgan fingerprint density at radius 1 is 1.05 bits per heavy atom. The number of hydrogen-bond acceptors (Lipinski definition) is 16. The Labute approximate surface area is 238 Å². The van der Waals surface area contributed by atoms with E-state index in [9.17, 15) is 30.3 Å². The zero-order chi connectivity index (χ0) is 30.5. The molecule has 16 N–H and O–H groups in total. The van der Waals surface area contributed by atoms with Crippen LogP contribution in [0.15, 0.2) is 0 Å². The second-order valence-electron chi connectivity index (χ2n) is 11.0. The van der Waals surface area contributed by atoms with Crippen LogP contribution in [-0.4, -0.2) is 150 Å². The molecular weight excluding hydrogens is 548 g/mol. The van der Waals surface area contributed by atoms with Crippen molar-refractivity contribution in [1.29, 1.82) is 0 Å². The summed E-state index contributed by atoms with van der Waals surface area (Å²) in [5.74, 6) is -0.797. The predicted octanol–water partition coefficient (Wildman–Crippen LogP) is -6.38. The Bertz CT molecular complexity index is 833. The van der Waals surface area contributed by atoms with Gasteiger partial charge in [0.25, 0.3) is 0 Å². The maximum absolute atomic E-state index is 12.8. The number of methoxy groups -OCH3 is 1. The van der Waals surface area contributed by atoms with Crippen LogP contribution in [0.5, 0.6) is 0 Å². The molecule has 0 bridgehead atoms. The van der Waals surface area contributed by atoms with Crippen LogP contribution in [0.25, 0.3) is 0 Å². The van der Waals surface area contributed by atoms with Gasteiger partial charge in [0.05, 0.1) is 37.4 Å². The summed E-state index contributed by atoms with van der Waals surface area (Å²) in [6.07, 6.45) is -10.2. The number of amides is 1. The van der Waals surface area contributed by atoms with E-state index < -0.39 is 98.1 Å². The van der Waals surface area contributed by atoms with Gasteiger partial charge in [-0.25, -0.2) is 0 Å². The Morgan fingerprint density at radius 2 is 1.73 bits per heavy atom. The highest BCUT2D eigenvalue weighted by Gasteiger charge is 2.59. The zero-order valence-electron chi connectivity index (χ0n) is 23.2. The van der Waals surface area contributed by atoms with Crippen LogP contribution < -0.4 is 34.0 Å². The molecule has 3 fully saturated rings. The highest BCUT2D eigenvalue weighted by Crippen LogP contribution is 2.38. The van der Waals surface area contributed by atoms with E-state index in [1.54, 1.807) is 0 Å². The molecule has 1 aliphatic carbocycles. The average Bonchev–Trinajstić information content (AvgIpc) is 2.94. The lowest BCUT2D eigenvalue weighted by atomic mass is 9.74. The summed E-state index contributed by atoms with van der Waals surface area (Å²) in [6, 6.07) is -3.85. The van der Waals surface area contributed by atoms with Crippen molar-refractivity contribution in [1.82, 2.24) is 5.32 Å². The van der Waals surface area contributed by atoms with E-state index in [1.165, 1.54) is 7.11 Å². The van der Waals surface area contributed by atoms with Crippen LogP contribution in [0.3, 0.4) is 0 Å². The summed E-state index contributed by atoms with van der Waals surface area (Å²) in [7, 11) is 1.32. The minimum atomic E-state index is -2.13. The quantitative estimate of drug-likeness (QED) is 0.0997. The SMILES string of the molecule is COCC1(O)C(O[C@H]2OC(CN)CCC2N)[C@@H](N)C[C@@H](NC(=O)[C@@H](O)CCN)[C@@H]1O[C@H]1OC(CO)[C@@H](O)[C@H](N)C1O. The van der Waals surface area contributed by atoms with E-state index in [0.717, 1.165) is 0 Å². The number of aliphatic hydroxyl groups is 5. The molecule has 240 valence electrons. The summed E-state index contributed by atoms with van der Waals surface area (Å²) in [6.45, 7) is -0.809. The number of aliphatic hydroxyl groups excluding tert-OH is 4. The van der Waals surface area contributed by atoms with Crippen LogP contribution in [0.1, 0.15) is 25.7 Å². The molecule has 0 aromatic carbocycles. The van der Waals surface area contributed by atoms with Crippen molar-refractivity contribution in [3.05, 3.63) is 0 Å². The summed E-state index contributed by atoms with van der Waals surface area (Å²) in [4.78, 5) is 12.8. The third kappa shape index (κ3) is 7.69. The van der Waals surface area contributed by atoms with Crippen molar-refractivity contribution in [3.8, 4) is 0 Å². The van der Waals surface area contributed by atoms with E-state index in [4.69, 9.17) is 52.4 Å². The fourth-order valence-corrected chi connectivity index (χ4v) is 5.65. The molecule has 0 spiro atoms. The molecule has 2 saturated heterocycles. The molecule has 17 nitrogen and oxygen atoms in total. The molecule has 1 saturated carbocycles. The minimum absolute atomic E-state index is 0.0290. The highest BCUT2D eigenvalue weighted by atomic mass is 16.7. The maximum Gasteiger partial charge on any atom is 0.249 e. The first-order valence-electron chi connectivity index (χ1n) is 13.9. The third-order valence-electron chi connectivity index (χ3n) is 7.97. The van der Waals surface area contributed by atoms with E-state index in [1.807, 2.05) is 0 Å². The smallest absolute Gasteiger partial charge is 0.249 e. The monoisotopic (exact) mass is 596 g/mol. The molecule has 2 aliphatic heterocycles. The lowest BCUT2D eigenvalue weighted by Gasteiger charge is -2.53. The van der Waals surface area contributed by atoms with Crippen LogP contribution in [0, 0.1) is 0 Å². The van der Waals surface area contributed by atoms with Crippen LogP contribution in [0.4, 0.5) is 0 Å². The second kappa shape index (κ2) is 15.0. The van der Waals surface area contributed by atoms with E-state index >= 15 is 0 Å². The normalized spacial score (nSPS) is 44.4. The van der Waals surface area contributed by atoms with E-state index in [-0.39, 0.29) is 32.0 Å². The molecule has 1 amide bonds. The number of carbonyl (C=O) groups is 1. The van der Waals surface area contributed by atoms with Gasteiger partial charge in [0, 0.05) is 19.7 Å². The van der Waals surface area contributed by atoms with Gasteiger partial charge in [-0.2, -0.15) is 0 Å². The number of nitrogens with one attached hydrogen (secondary N) is 1. The Morgan fingerprint density at radius 3 is 2.34 bits per heavy atom. The first-order chi connectivity index (χ1) is 19.4. The van der Waals surface area contributed by atoms with Gasteiger partial charge < -0.3 is 83.2 Å². The molecule has 2 heterocycles. The number of carbonyl (C=O) groups excluding carboxylic acids is 1. The Kier molecular flexibility index (Phi) is 12.6. The van der Waals surface area contributed by atoms with Crippen molar-refractivity contribution < 1.29 is 54.0 Å². The molecule has 17 heteroatoms. The summed E-state index contributed by atoms with van der Waals surface area (Å²) < 4.78 is 29.1. The Balaban J connectivity index is 1.97. The Hall–Kier alpha value is -1.13. The number of hydrogen-bond donors (Lipinski definition) is 11. The van der Waals surface area contributed by atoms with Crippen LogP contribution >= 0.6 is 0 Å². The van der Waals surface area contributed by atoms with Gasteiger partial charge in [0.15, 0.2) is 12.6 Å². The van der Waals surface area contributed by atoms with Crippen molar-refractivity contribution in [3.63, 3.8) is 0 Å². The first kappa shape index (κ1) is 34.4. The number of ether oxygens (including phenoxy) is 5. The van der Waals surface area contributed by atoms with Crippen LogP contribution in [0.2, 0.25) is 0 Å². The fourth-order valence-electron chi connectivity index (χ4n) is 5.65. The largest absolute Gasteiger partial charge is 0.394 e. The first-order valence-corrected chi connectivity index (χ1v) is 13.9. The van der Waals surface area contributed by atoms with Gasteiger partial charge >= 0.3 is 0 Å². The second-order valence-corrected chi connectivity index (χ2v) is 11.0. The standard InChI is InChI=1S/C24H48N6O11/c1-37-9-24(36)19(40-22-11(27)3-2-10(7-26)38-22)12(28)6-13(30-21(35)14(32)4-5-25)20(24)41-23-18(34)16(29)17(33)15(8-31)39-23/h10-20,22-23,31-34,36H,2-9,25-29H2,1H3,(H,30,35)/t10?,11?,12-,13+,14-,15?,16-,17+,18?,19?,20-,22+,23+,24?/m0/s1. The molecule has 3 rings (SSSR count). The van der Waals surface area contributed by atoms with Crippen molar-refractivity contribution >= 4 is 5.91 Å². The molecule has 14 atom stereocenters. The zero-order valence-corrected chi connectivity index (χ0v) is 23.2. The van der Waals surface area contributed by atoms with Gasteiger partial charge in [-0.15, -0.1) is 0 Å². The summed E-state index contributed by atoms with van der Waals surface area (Å²) >= 11 is 0. The predicted molar refractivity (Wildman–Crippen MR) is 141 cm³/mol. The van der Waals surface area contributed by atoms with Gasteiger partial charge in [0.1, 0.15) is 42.2 Å². The van der Waals surface area contributed by atoms with E-state index in [2.05, 4.69) is 5.32 Å². The van der Waals surface area contributed by atoms with Crippen LogP contribution in [-0.2, 0) is 28.5 Å². The highest BCUT2D eigenvalue weighted by molar-refractivity contribution is 5.80. The summed E-state index contributed by atoms with van der Waals surface area (Å²) in [5.41, 5.74) is 27.8. The topological polar surface area (TPSA) is 306 Å². The maximum atomic E-state index is 12.8. The molecule has 6 unspecified atom stereocenters. The molecule has 0 aromatic heterocycles. The molecule has 41 heavy (non-hydrogen) atoms. The lowest BCUT2D eigenvalue weighted by Crippen LogP contribution is -2.75. The number of nitrogens with two attached hydrogens (primary N) is 5. The minimum Gasteiger partial charge on any atom is -0.394 e. The summed E-state index contributed by atoms with van der Waals surface area (Å²) in [5, 5.41) is 55.8. The molecular formula is C24H48N6O11. The molecule has 3 aliphatic rings. The van der Waals surface area contributed by atoms with Gasteiger partial charge in [-0.3, -0.25) is 4.79 Å². The molecule has 0 radical (unpaired) electrons. The van der Waals surface area contributed by atoms with Gasteiger partial charge in [0.2, 0.25) is 5.91 Å². The van der Waals surface area contributed by atoms with E-state index in [0.29, 0.717) is 12.8 Å². The van der Waals surface area contributed by atoms with Gasteiger partial charge in [-0.05, 0) is 32.2 Å². The molecule has 0 aromatic rings. The average molecular weight is 597 g/mol. The van der Waals surface area contributed by atoms with Crippen molar-refractivity contribution in [2.75, 3.05) is 33.4 Å².